The van der Waals surface area contributed by atoms with E-state index in [4.69, 9.17) is 15.1 Å². The number of nitriles is 1. The summed E-state index contributed by atoms with van der Waals surface area (Å²) in [5.41, 5.74) is 4.38. The van der Waals surface area contributed by atoms with Crippen molar-refractivity contribution in [2.45, 2.75) is 19.1 Å². The summed E-state index contributed by atoms with van der Waals surface area (Å²) in [4.78, 5) is 29.2. The van der Waals surface area contributed by atoms with Crippen molar-refractivity contribution in [2.24, 2.45) is 0 Å². The van der Waals surface area contributed by atoms with E-state index in [-0.39, 0.29) is 18.9 Å². The summed E-state index contributed by atoms with van der Waals surface area (Å²) in [6, 6.07) is 19.8. The van der Waals surface area contributed by atoms with E-state index in [1.54, 1.807) is 33.8 Å². The molecule has 174 valence electrons. The van der Waals surface area contributed by atoms with Gasteiger partial charge in [-0.3, -0.25) is 4.79 Å². The van der Waals surface area contributed by atoms with Crippen molar-refractivity contribution in [3.05, 3.63) is 78.0 Å². The number of rotatable bonds is 6. The monoisotopic (exact) mass is 468 g/mol. The molecule has 0 radical (unpaired) electrons. The van der Waals surface area contributed by atoms with Crippen LogP contribution in [0.15, 0.2) is 66.9 Å². The smallest absolute Gasteiger partial charge is 0.404 e. The fourth-order valence-corrected chi connectivity index (χ4v) is 4.06. The number of amides is 2. The van der Waals surface area contributed by atoms with Crippen molar-refractivity contribution < 1.29 is 19.4 Å². The number of aromatic nitrogens is 3. The zero-order chi connectivity index (χ0) is 24.4. The van der Waals surface area contributed by atoms with Gasteiger partial charge in [-0.05, 0) is 35.9 Å². The van der Waals surface area contributed by atoms with Crippen molar-refractivity contribution in [3.8, 4) is 23.2 Å². The number of ether oxygens (including phenoxy) is 1. The summed E-state index contributed by atoms with van der Waals surface area (Å²) in [5.74, 6) is 0.283. The molecule has 0 saturated carbocycles. The molecular formula is C25H20N6O4. The second-order valence-corrected chi connectivity index (χ2v) is 8.09. The number of hydrogen-bond acceptors (Lipinski definition) is 6. The molecule has 4 aromatic rings. The Morgan fingerprint density at radius 3 is 2.80 bits per heavy atom. The molecule has 35 heavy (non-hydrogen) atoms. The van der Waals surface area contributed by atoms with Gasteiger partial charge in [0.15, 0.2) is 5.65 Å². The molecule has 1 aliphatic heterocycles. The van der Waals surface area contributed by atoms with E-state index in [0.717, 1.165) is 16.8 Å². The summed E-state index contributed by atoms with van der Waals surface area (Å²) < 4.78 is 7.52. The van der Waals surface area contributed by atoms with Crippen molar-refractivity contribution in [2.75, 3.05) is 11.4 Å². The van der Waals surface area contributed by atoms with Crippen LogP contribution in [-0.4, -0.2) is 44.3 Å². The quantitative estimate of drug-likeness (QED) is 0.444. The first-order valence-electron chi connectivity index (χ1n) is 10.9. The third-order valence-electron chi connectivity index (χ3n) is 5.71. The topological polar surface area (TPSA) is 133 Å². The number of anilines is 1. The molecule has 0 bridgehead atoms. The van der Waals surface area contributed by atoms with Crippen LogP contribution in [0.2, 0.25) is 0 Å². The molecule has 10 heteroatoms. The molecule has 2 aromatic carbocycles. The molecule has 3 heterocycles. The van der Waals surface area contributed by atoms with Crippen molar-refractivity contribution in [1.82, 2.24) is 19.9 Å². The van der Waals surface area contributed by atoms with Gasteiger partial charge >= 0.3 is 6.09 Å². The van der Waals surface area contributed by atoms with Crippen molar-refractivity contribution in [1.29, 1.82) is 5.26 Å². The standard InChI is InChI=1S/C25H20N6O4/c26-12-16-2-1-3-17(10-16)15-35-23-9-8-22-27-13-21(31(22)29-23)18-4-6-20(7-5-18)30-14-19(11-24(30)32)28-25(33)34/h1-10,13,19,28H,11,14-15H2,(H,33,34)/t19-/m0/s1. The molecule has 0 spiro atoms. The highest BCUT2D eigenvalue weighted by Crippen LogP contribution is 2.27. The van der Waals surface area contributed by atoms with Crippen LogP contribution in [0, 0.1) is 11.3 Å². The molecule has 1 fully saturated rings. The maximum absolute atomic E-state index is 12.3. The minimum absolute atomic E-state index is 0.130. The lowest BCUT2D eigenvalue weighted by molar-refractivity contribution is -0.117. The Hall–Kier alpha value is -4.91. The second kappa shape index (κ2) is 9.15. The summed E-state index contributed by atoms with van der Waals surface area (Å²) in [6.07, 6.45) is 0.708. The first-order chi connectivity index (χ1) is 17.0. The highest BCUT2D eigenvalue weighted by Gasteiger charge is 2.31. The van der Waals surface area contributed by atoms with Crippen LogP contribution in [0.5, 0.6) is 5.88 Å². The lowest BCUT2D eigenvalue weighted by atomic mass is 10.1. The molecule has 10 nitrogen and oxygen atoms in total. The Kier molecular flexibility index (Phi) is 5.73. The van der Waals surface area contributed by atoms with Gasteiger partial charge in [0.25, 0.3) is 0 Å². The number of carboxylic acid groups (broad SMARTS) is 1. The lowest BCUT2D eigenvalue weighted by Crippen LogP contribution is -2.36. The van der Waals surface area contributed by atoms with Crippen molar-refractivity contribution in [3.63, 3.8) is 0 Å². The molecule has 2 amide bonds. The highest BCUT2D eigenvalue weighted by molar-refractivity contribution is 5.96. The number of benzene rings is 2. The van der Waals surface area contributed by atoms with Gasteiger partial charge in [-0.1, -0.05) is 24.3 Å². The molecule has 5 rings (SSSR count). The molecule has 1 aliphatic rings. The summed E-state index contributed by atoms with van der Waals surface area (Å²) in [6.45, 7) is 0.563. The average molecular weight is 468 g/mol. The van der Waals surface area contributed by atoms with Crippen LogP contribution in [0.3, 0.4) is 0 Å². The minimum Gasteiger partial charge on any atom is -0.472 e. The maximum atomic E-state index is 12.3. The predicted octanol–water partition coefficient (Wildman–Crippen LogP) is 3.22. The molecule has 2 aromatic heterocycles. The fraction of sp³-hybridized carbons (Fsp3) is 0.160. The third kappa shape index (κ3) is 4.60. The lowest BCUT2D eigenvalue weighted by Gasteiger charge is -2.17. The number of nitrogens with one attached hydrogen (secondary N) is 1. The van der Waals surface area contributed by atoms with Crippen LogP contribution in [-0.2, 0) is 11.4 Å². The van der Waals surface area contributed by atoms with Crippen LogP contribution in [0.25, 0.3) is 16.9 Å². The van der Waals surface area contributed by atoms with E-state index < -0.39 is 12.1 Å². The van der Waals surface area contributed by atoms with Gasteiger partial charge in [0.05, 0.1) is 29.6 Å². The van der Waals surface area contributed by atoms with E-state index in [2.05, 4.69) is 21.5 Å². The molecule has 1 saturated heterocycles. The number of carbonyl (C=O) groups excluding carboxylic acids is 1. The Morgan fingerprint density at radius 2 is 2.03 bits per heavy atom. The third-order valence-corrected chi connectivity index (χ3v) is 5.71. The molecule has 2 N–H and O–H groups in total. The van der Waals surface area contributed by atoms with Gasteiger partial charge < -0.3 is 20.1 Å². The summed E-state index contributed by atoms with van der Waals surface area (Å²) >= 11 is 0. The zero-order valence-electron chi connectivity index (χ0n) is 18.5. The van der Waals surface area contributed by atoms with Crippen LogP contribution in [0.1, 0.15) is 17.5 Å². The Morgan fingerprint density at radius 1 is 1.20 bits per heavy atom. The SMILES string of the molecule is N#Cc1cccc(COc2ccc3ncc(-c4ccc(N5C[C@@H](NC(=O)O)CC5=O)cc4)n3n2)c1. The number of fused-ring (bicyclic) bond motifs is 1. The van der Waals surface area contributed by atoms with Gasteiger partial charge in [-0.2, -0.15) is 5.26 Å². The van der Waals surface area contributed by atoms with E-state index in [1.165, 1.54) is 0 Å². The first kappa shape index (κ1) is 21.9. The molecule has 1 atom stereocenters. The average Bonchev–Trinajstić information content (AvgIpc) is 3.45. The fourth-order valence-electron chi connectivity index (χ4n) is 4.06. The number of carbonyl (C=O) groups is 2. The highest BCUT2D eigenvalue weighted by atomic mass is 16.5. The number of hydrogen-bond donors (Lipinski definition) is 2. The van der Waals surface area contributed by atoms with Gasteiger partial charge in [0.1, 0.15) is 6.61 Å². The molecular weight excluding hydrogens is 448 g/mol. The zero-order valence-corrected chi connectivity index (χ0v) is 18.5. The van der Waals surface area contributed by atoms with E-state index in [1.807, 2.05) is 42.5 Å². The van der Waals surface area contributed by atoms with Gasteiger partial charge in [-0.25, -0.2) is 14.3 Å². The Bertz CT molecular complexity index is 1460. The molecule has 0 unspecified atom stereocenters. The Balaban J connectivity index is 1.34. The first-order valence-corrected chi connectivity index (χ1v) is 10.9. The van der Waals surface area contributed by atoms with E-state index in [9.17, 15) is 9.59 Å². The summed E-state index contributed by atoms with van der Waals surface area (Å²) in [7, 11) is 0. The van der Waals surface area contributed by atoms with Gasteiger partial charge in [-0.15, -0.1) is 5.10 Å². The maximum Gasteiger partial charge on any atom is 0.404 e. The van der Waals surface area contributed by atoms with E-state index in [0.29, 0.717) is 29.3 Å². The normalized spacial score (nSPS) is 15.2. The number of imidazole rings is 1. The van der Waals surface area contributed by atoms with Gasteiger partial charge in [0, 0.05) is 30.3 Å². The predicted molar refractivity (Wildman–Crippen MR) is 126 cm³/mol. The second-order valence-electron chi connectivity index (χ2n) is 8.09. The van der Waals surface area contributed by atoms with Gasteiger partial charge in [0.2, 0.25) is 11.8 Å². The molecule has 0 aliphatic carbocycles. The Labute approximate surface area is 200 Å². The van der Waals surface area contributed by atoms with Crippen LogP contribution < -0.4 is 15.0 Å². The van der Waals surface area contributed by atoms with Crippen LogP contribution >= 0.6 is 0 Å². The van der Waals surface area contributed by atoms with Crippen molar-refractivity contribution >= 4 is 23.3 Å². The van der Waals surface area contributed by atoms with Crippen LogP contribution in [0.4, 0.5) is 10.5 Å². The largest absolute Gasteiger partial charge is 0.472 e. The minimum atomic E-state index is -1.14. The van der Waals surface area contributed by atoms with E-state index >= 15 is 0 Å². The summed E-state index contributed by atoms with van der Waals surface area (Å²) in [5, 5.41) is 24.9. The number of nitrogens with zero attached hydrogens (tertiary/aromatic N) is 5.